The second kappa shape index (κ2) is 3.81. The van der Waals surface area contributed by atoms with Crippen molar-refractivity contribution >= 4 is 11.6 Å². The standard InChI is InChI=1S/C13H17NO2/c1-4-8-16-10-7-5-6-9-11(10)14-12(15)13(9,2)3/h5-7H,4,8H2,1-3H3,(H,14,15). The monoisotopic (exact) mass is 219 g/mol. The van der Waals surface area contributed by atoms with E-state index in [1.807, 2.05) is 32.0 Å². The van der Waals surface area contributed by atoms with Crippen LogP contribution in [0.3, 0.4) is 0 Å². The predicted molar refractivity (Wildman–Crippen MR) is 63.9 cm³/mol. The Morgan fingerprint density at radius 2 is 2.12 bits per heavy atom. The molecule has 1 aliphatic rings. The first-order valence-corrected chi connectivity index (χ1v) is 5.65. The number of carbonyl (C=O) groups is 1. The molecule has 1 amide bonds. The molecule has 1 heterocycles. The molecular weight excluding hydrogens is 202 g/mol. The third-order valence-electron chi connectivity index (χ3n) is 2.97. The average molecular weight is 219 g/mol. The van der Waals surface area contributed by atoms with Crippen LogP contribution in [-0.4, -0.2) is 12.5 Å². The van der Waals surface area contributed by atoms with Crippen molar-refractivity contribution in [3.63, 3.8) is 0 Å². The maximum Gasteiger partial charge on any atom is 0.234 e. The molecule has 0 aromatic heterocycles. The molecule has 86 valence electrons. The topological polar surface area (TPSA) is 38.3 Å². The van der Waals surface area contributed by atoms with Crippen LogP contribution in [0.4, 0.5) is 5.69 Å². The Labute approximate surface area is 95.8 Å². The van der Waals surface area contributed by atoms with Crippen molar-refractivity contribution in [3.8, 4) is 5.75 Å². The second-order valence-electron chi connectivity index (χ2n) is 4.61. The zero-order valence-electron chi connectivity index (χ0n) is 9.96. The Kier molecular flexibility index (Phi) is 2.62. The fraction of sp³-hybridized carbons (Fsp3) is 0.462. The lowest BCUT2D eigenvalue weighted by Gasteiger charge is -2.15. The molecule has 0 spiro atoms. The van der Waals surface area contributed by atoms with Gasteiger partial charge in [-0.1, -0.05) is 19.1 Å². The summed E-state index contributed by atoms with van der Waals surface area (Å²) in [4.78, 5) is 11.8. The molecule has 1 aromatic rings. The first kappa shape index (κ1) is 11.0. The summed E-state index contributed by atoms with van der Waals surface area (Å²) in [5, 5.41) is 2.90. The number of ether oxygens (including phenoxy) is 1. The molecule has 0 fully saturated rings. The van der Waals surface area contributed by atoms with Gasteiger partial charge in [-0.15, -0.1) is 0 Å². The van der Waals surface area contributed by atoms with Gasteiger partial charge in [0, 0.05) is 0 Å². The number of nitrogens with one attached hydrogen (secondary N) is 1. The minimum atomic E-state index is -0.457. The Bertz CT molecular complexity index is 424. The van der Waals surface area contributed by atoms with E-state index in [1.54, 1.807) is 0 Å². The number of rotatable bonds is 3. The summed E-state index contributed by atoms with van der Waals surface area (Å²) in [6.45, 7) is 6.59. The summed E-state index contributed by atoms with van der Waals surface area (Å²) in [5.41, 5.74) is 1.40. The molecule has 0 saturated carbocycles. The summed E-state index contributed by atoms with van der Waals surface area (Å²) < 4.78 is 5.62. The van der Waals surface area contributed by atoms with E-state index in [9.17, 15) is 4.79 Å². The van der Waals surface area contributed by atoms with Crippen LogP contribution in [0.2, 0.25) is 0 Å². The minimum absolute atomic E-state index is 0.0371. The molecule has 0 radical (unpaired) electrons. The number of amides is 1. The molecular formula is C13H17NO2. The van der Waals surface area contributed by atoms with E-state index in [-0.39, 0.29) is 5.91 Å². The molecule has 1 aliphatic heterocycles. The van der Waals surface area contributed by atoms with Gasteiger partial charge in [0.25, 0.3) is 0 Å². The highest BCUT2D eigenvalue weighted by Crippen LogP contribution is 2.42. The highest BCUT2D eigenvalue weighted by atomic mass is 16.5. The van der Waals surface area contributed by atoms with Crippen LogP contribution in [-0.2, 0) is 10.2 Å². The zero-order valence-corrected chi connectivity index (χ0v) is 9.96. The van der Waals surface area contributed by atoms with Crippen molar-refractivity contribution in [2.24, 2.45) is 0 Å². The molecule has 0 saturated heterocycles. The van der Waals surface area contributed by atoms with Gasteiger partial charge < -0.3 is 10.1 Å². The van der Waals surface area contributed by atoms with Crippen LogP contribution in [0, 0.1) is 0 Å². The fourth-order valence-corrected chi connectivity index (χ4v) is 1.91. The van der Waals surface area contributed by atoms with Gasteiger partial charge in [-0.2, -0.15) is 0 Å². The third kappa shape index (κ3) is 1.56. The van der Waals surface area contributed by atoms with Crippen LogP contribution < -0.4 is 10.1 Å². The molecule has 0 bridgehead atoms. The van der Waals surface area contributed by atoms with E-state index in [0.29, 0.717) is 6.61 Å². The molecule has 0 aliphatic carbocycles. The molecule has 3 nitrogen and oxygen atoms in total. The normalized spacial score (nSPS) is 16.8. The van der Waals surface area contributed by atoms with E-state index in [2.05, 4.69) is 12.2 Å². The lowest BCUT2D eigenvalue weighted by Crippen LogP contribution is -2.26. The summed E-state index contributed by atoms with van der Waals surface area (Å²) >= 11 is 0. The van der Waals surface area contributed by atoms with E-state index in [0.717, 1.165) is 23.4 Å². The second-order valence-corrected chi connectivity index (χ2v) is 4.61. The molecule has 1 N–H and O–H groups in total. The minimum Gasteiger partial charge on any atom is -0.491 e. The Morgan fingerprint density at radius 1 is 1.38 bits per heavy atom. The maximum atomic E-state index is 11.8. The summed E-state index contributed by atoms with van der Waals surface area (Å²) in [6.07, 6.45) is 0.959. The van der Waals surface area contributed by atoms with Crippen molar-refractivity contribution < 1.29 is 9.53 Å². The van der Waals surface area contributed by atoms with Gasteiger partial charge in [0.2, 0.25) is 5.91 Å². The van der Waals surface area contributed by atoms with E-state index < -0.39 is 5.41 Å². The largest absolute Gasteiger partial charge is 0.491 e. The highest BCUT2D eigenvalue weighted by Gasteiger charge is 2.39. The van der Waals surface area contributed by atoms with Crippen molar-refractivity contribution in [2.75, 3.05) is 11.9 Å². The zero-order chi connectivity index (χ0) is 11.8. The van der Waals surface area contributed by atoms with Gasteiger partial charge in [-0.3, -0.25) is 4.79 Å². The number of anilines is 1. The quantitative estimate of drug-likeness (QED) is 0.848. The van der Waals surface area contributed by atoms with E-state index in [1.165, 1.54) is 0 Å². The molecule has 0 atom stereocenters. The highest BCUT2D eigenvalue weighted by molar-refractivity contribution is 6.07. The number of benzene rings is 1. The summed E-state index contributed by atoms with van der Waals surface area (Å²) in [5.74, 6) is 0.813. The molecule has 1 aromatic carbocycles. The van der Waals surface area contributed by atoms with Crippen molar-refractivity contribution in [2.45, 2.75) is 32.6 Å². The lowest BCUT2D eigenvalue weighted by molar-refractivity contribution is -0.119. The number of carbonyl (C=O) groups excluding carboxylic acids is 1. The summed E-state index contributed by atoms with van der Waals surface area (Å²) in [6, 6.07) is 5.81. The van der Waals surface area contributed by atoms with Gasteiger partial charge in [0.15, 0.2) is 0 Å². The van der Waals surface area contributed by atoms with E-state index in [4.69, 9.17) is 4.74 Å². The fourth-order valence-electron chi connectivity index (χ4n) is 1.91. The number of para-hydroxylation sites is 1. The molecule has 3 heteroatoms. The van der Waals surface area contributed by atoms with Crippen LogP contribution in [0.25, 0.3) is 0 Å². The van der Waals surface area contributed by atoms with Crippen LogP contribution in [0.5, 0.6) is 5.75 Å². The van der Waals surface area contributed by atoms with Gasteiger partial charge in [-0.25, -0.2) is 0 Å². The SMILES string of the molecule is CCCOc1cccc2c1NC(=O)C2(C)C. The first-order valence-electron chi connectivity index (χ1n) is 5.65. The van der Waals surface area contributed by atoms with Crippen molar-refractivity contribution in [1.82, 2.24) is 0 Å². The number of hydrogen-bond donors (Lipinski definition) is 1. The molecule has 16 heavy (non-hydrogen) atoms. The van der Waals surface area contributed by atoms with Crippen LogP contribution in [0.15, 0.2) is 18.2 Å². The van der Waals surface area contributed by atoms with Crippen LogP contribution >= 0.6 is 0 Å². The van der Waals surface area contributed by atoms with Gasteiger partial charge in [-0.05, 0) is 31.9 Å². The summed E-state index contributed by atoms with van der Waals surface area (Å²) in [7, 11) is 0. The molecule has 2 rings (SSSR count). The Balaban J connectivity index is 2.40. The van der Waals surface area contributed by atoms with E-state index >= 15 is 0 Å². The van der Waals surface area contributed by atoms with Crippen molar-refractivity contribution in [1.29, 1.82) is 0 Å². The van der Waals surface area contributed by atoms with Crippen molar-refractivity contribution in [3.05, 3.63) is 23.8 Å². The number of fused-ring (bicyclic) bond motifs is 1. The van der Waals surface area contributed by atoms with Crippen LogP contribution in [0.1, 0.15) is 32.8 Å². The van der Waals surface area contributed by atoms with Gasteiger partial charge in [0.05, 0.1) is 17.7 Å². The predicted octanol–water partition coefficient (Wildman–Crippen LogP) is 2.71. The maximum absolute atomic E-state index is 11.8. The third-order valence-corrected chi connectivity index (χ3v) is 2.97. The smallest absolute Gasteiger partial charge is 0.234 e. The van der Waals surface area contributed by atoms with Gasteiger partial charge in [0.1, 0.15) is 5.75 Å². The van der Waals surface area contributed by atoms with Gasteiger partial charge >= 0.3 is 0 Å². The number of hydrogen-bond acceptors (Lipinski definition) is 2. The first-order chi connectivity index (χ1) is 7.57. The average Bonchev–Trinajstić information content (AvgIpc) is 2.49. The Hall–Kier alpha value is -1.51. The Morgan fingerprint density at radius 3 is 2.81 bits per heavy atom. The molecule has 0 unspecified atom stereocenters. The lowest BCUT2D eigenvalue weighted by atomic mass is 9.86.